The Morgan fingerprint density at radius 2 is 1.85 bits per heavy atom. The van der Waals surface area contributed by atoms with Gasteiger partial charge in [0.2, 0.25) is 0 Å². The Labute approximate surface area is 81.0 Å². The first-order valence-corrected chi connectivity index (χ1v) is 4.90. The molecule has 0 spiro atoms. The van der Waals surface area contributed by atoms with Gasteiger partial charge < -0.3 is 14.6 Å². The van der Waals surface area contributed by atoms with Crippen LogP contribution in [0.2, 0.25) is 0 Å². The summed E-state index contributed by atoms with van der Waals surface area (Å²) in [5.74, 6) is 0. The maximum atomic E-state index is 9.32. The molecule has 0 aliphatic carbocycles. The Bertz CT molecular complexity index is 121. The zero-order valence-electron chi connectivity index (χ0n) is 9.17. The summed E-state index contributed by atoms with van der Waals surface area (Å²) in [4.78, 5) is 0. The highest BCUT2D eigenvalue weighted by atomic mass is 16.5. The molecule has 0 aromatic rings. The van der Waals surface area contributed by atoms with E-state index in [9.17, 15) is 5.11 Å². The van der Waals surface area contributed by atoms with Crippen molar-refractivity contribution in [3.05, 3.63) is 0 Å². The van der Waals surface area contributed by atoms with Gasteiger partial charge in [-0.25, -0.2) is 0 Å². The second-order valence-electron chi connectivity index (χ2n) is 3.74. The van der Waals surface area contributed by atoms with Crippen LogP contribution in [-0.2, 0) is 9.47 Å². The van der Waals surface area contributed by atoms with Gasteiger partial charge in [0.15, 0.2) is 0 Å². The molecule has 1 N–H and O–H groups in total. The lowest BCUT2D eigenvalue weighted by atomic mass is 10.0. The van der Waals surface area contributed by atoms with Gasteiger partial charge in [-0.1, -0.05) is 6.92 Å². The molecule has 0 radical (unpaired) electrons. The second-order valence-corrected chi connectivity index (χ2v) is 3.74. The lowest BCUT2D eigenvalue weighted by Crippen LogP contribution is -2.37. The molecule has 0 heterocycles. The average Bonchev–Trinajstić information content (AvgIpc) is 2.03. The Kier molecular flexibility index (Phi) is 6.29. The summed E-state index contributed by atoms with van der Waals surface area (Å²) in [5, 5.41) is 9.32. The summed E-state index contributed by atoms with van der Waals surface area (Å²) in [6.45, 7) is 9.46. The molecular weight excluding hydrogens is 168 g/mol. The van der Waals surface area contributed by atoms with Crippen molar-refractivity contribution >= 4 is 0 Å². The monoisotopic (exact) mass is 190 g/mol. The van der Waals surface area contributed by atoms with Crippen molar-refractivity contribution < 1.29 is 14.6 Å². The van der Waals surface area contributed by atoms with E-state index in [4.69, 9.17) is 9.47 Å². The van der Waals surface area contributed by atoms with Crippen LogP contribution in [0, 0.1) is 0 Å². The Hall–Kier alpha value is -0.120. The molecule has 1 atom stereocenters. The predicted molar refractivity (Wildman–Crippen MR) is 52.8 cm³/mol. The molecule has 0 fully saturated rings. The fourth-order valence-electron chi connectivity index (χ4n) is 0.731. The lowest BCUT2D eigenvalue weighted by molar-refractivity contribution is -0.106. The van der Waals surface area contributed by atoms with Crippen molar-refractivity contribution in [1.29, 1.82) is 0 Å². The van der Waals surface area contributed by atoms with Crippen LogP contribution >= 0.6 is 0 Å². The molecule has 0 aromatic heterocycles. The number of ether oxygens (including phenoxy) is 2. The molecule has 13 heavy (non-hydrogen) atoms. The van der Waals surface area contributed by atoms with Gasteiger partial charge in [-0.2, -0.15) is 0 Å². The number of rotatable bonds is 7. The van der Waals surface area contributed by atoms with Crippen LogP contribution < -0.4 is 0 Å². The van der Waals surface area contributed by atoms with E-state index < -0.39 is 11.7 Å². The van der Waals surface area contributed by atoms with Gasteiger partial charge in [-0.3, -0.25) is 0 Å². The summed E-state index contributed by atoms with van der Waals surface area (Å²) in [5.41, 5.74) is -0.477. The van der Waals surface area contributed by atoms with E-state index in [1.165, 1.54) is 0 Å². The molecule has 0 saturated heterocycles. The average molecular weight is 190 g/mol. The third-order valence-corrected chi connectivity index (χ3v) is 2.06. The van der Waals surface area contributed by atoms with Crippen molar-refractivity contribution in [1.82, 2.24) is 0 Å². The Morgan fingerprint density at radius 3 is 2.31 bits per heavy atom. The van der Waals surface area contributed by atoms with Gasteiger partial charge in [0.05, 0.1) is 24.9 Å². The first-order chi connectivity index (χ1) is 6.00. The van der Waals surface area contributed by atoms with E-state index in [2.05, 4.69) is 6.92 Å². The highest BCUT2D eigenvalue weighted by Crippen LogP contribution is 2.13. The first-order valence-electron chi connectivity index (χ1n) is 4.90. The maximum absolute atomic E-state index is 9.32. The topological polar surface area (TPSA) is 38.7 Å². The van der Waals surface area contributed by atoms with Gasteiger partial charge in [-0.15, -0.1) is 0 Å². The van der Waals surface area contributed by atoms with E-state index in [-0.39, 0.29) is 0 Å². The summed E-state index contributed by atoms with van der Waals surface area (Å²) in [7, 11) is 0. The third-order valence-electron chi connectivity index (χ3n) is 2.06. The maximum Gasteiger partial charge on any atom is 0.0882 e. The number of hydrogen-bond donors (Lipinski definition) is 1. The first kappa shape index (κ1) is 12.9. The number of hydrogen-bond acceptors (Lipinski definition) is 3. The zero-order chi connectivity index (χ0) is 10.3. The van der Waals surface area contributed by atoms with Gasteiger partial charge in [-0.05, 0) is 27.2 Å². The highest BCUT2D eigenvalue weighted by Gasteiger charge is 2.24. The summed E-state index contributed by atoms with van der Waals surface area (Å²) < 4.78 is 10.7. The molecule has 3 heteroatoms. The van der Waals surface area contributed by atoms with Gasteiger partial charge in [0, 0.05) is 6.61 Å². The lowest BCUT2D eigenvalue weighted by Gasteiger charge is -2.28. The predicted octanol–water partition coefficient (Wildman–Crippen LogP) is 1.59. The molecule has 0 bridgehead atoms. The van der Waals surface area contributed by atoms with E-state index in [0.717, 1.165) is 13.0 Å². The SMILES string of the molecule is CCCOCCOC(C)(C)C(C)O. The van der Waals surface area contributed by atoms with E-state index >= 15 is 0 Å². The summed E-state index contributed by atoms with van der Waals surface area (Å²) >= 11 is 0. The normalized spacial score (nSPS) is 14.5. The van der Waals surface area contributed by atoms with E-state index in [1.54, 1.807) is 6.92 Å². The van der Waals surface area contributed by atoms with Crippen LogP contribution in [0.3, 0.4) is 0 Å². The van der Waals surface area contributed by atoms with Gasteiger partial charge in [0.1, 0.15) is 0 Å². The fourth-order valence-corrected chi connectivity index (χ4v) is 0.731. The third kappa shape index (κ3) is 6.02. The standard InChI is InChI=1S/C10H22O3/c1-5-6-12-7-8-13-10(3,4)9(2)11/h9,11H,5-8H2,1-4H3. The molecule has 0 amide bonds. The molecule has 0 saturated carbocycles. The second kappa shape index (κ2) is 6.35. The number of aliphatic hydroxyl groups is 1. The van der Waals surface area contributed by atoms with Crippen molar-refractivity contribution in [3.63, 3.8) is 0 Å². The van der Waals surface area contributed by atoms with Crippen LogP contribution in [0.5, 0.6) is 0 Å². The van der Waals surface area contributed by atoms with Crippen molar-refractivity contribution in [2.45, 2.75) is 45.8 Å². The van der Waals surface area contributed by atoms with Crippen molar-refractivity contribution in [3.8, 4) is 0 Å². The molecule has 1 unspecified atom stereocenters. The molecule has 0 aromatic carbocycles. The minimum absolute atomic E-state index is 0.460. The minimum atomic E-state index is -0.477. The zero-order valence-corrected chi connectivity index (χ0v) is 9.17. The molecule has 3 nitrogen and oxygen atoms in total. The van der Waals surface area contributed by atoms with Crippen LogP contribution in [0.15, 0.2) is 0 Å². The van der Waals surface area contributed by atoms with Crippen molar-refractivity contribution in [2.75, 3.05) is 19.8 Å². The smallest absolute Gasteiger partial charge is 0.0882 e. The number of aliphatic hydroxyl groups excluding tert-OH is 1. The molecular formula is C10H22O3. The quantitative estimate of drug-likeness (QED) is 0.620. The van der Waals surface area contributed by atoms with E-state index in [1.807, 2.05) is 13.8 Å². The van der Waals surface area contributed by atoms with Crippen LogP contribution in [-0.4, -0.2) is 36.6 Å². The molecule has 0 aliphatic heterocycles. The van der Waals surface area contributed by atoms with Gasteiger partial charge >= 0.3 is 0 Å². The Balaban J connectivity index is 3.41. The van der Waals surface area contributed by atoms with Gasteiger partial charge in [0.25, 0.3) is 0 Å². The fraction of sp³-hybridized carbons (Fsp3) is 1.00. The van der Waals surface area contributed by atoms with Crippen LogP contribution in [0.1, 0.15) is 34.1 Å². The molecule has 80 valence electrons. The Morgan fingerprint density at radius 1 is 1.23 bits per heavy atom. The molecule has 0 aliphatic rings. The van der Waals surface area contributed by atoms with Crippen LogP contribution in [0.25, 0.3) is 0 Å². The largest absolute Gasteiger partial charge is 0.390 e. The summed E-state index contributed by atoms with van der Waals surface area (Å²) in [6, 6.07) is 0. The van der Waals surface area contributed by atoms with E-state index in [0.29, 0.717) is 13.2 Å². The minimum Gasteiger partial charge on any atom is -0.390 e. The summed E-state index contributed by atoms with van der Waals surface area (Å²) in [6.07, 6.45) is 0.568. The highest BCUT2D eigenvalue weighted by molar-refractivity contribution is 4.74. The van der Waals surface area contributed by atoms with Crippen LogP contribution in [0.4, 0.5) is 0 Å². The van der Waals surface area contributed by atoms with Crippen molar-refractivity contribution in [2.24, 2.45) is 0 Å². The molecule has 0 rings (SSSR count).